The topological polar surface area (TPSA) is 56.9 Å². The second kappa shape index (κ2) is 8.47. The van der Waals surface area contributed by atoms with Crippen LogP contribution in [0.25, 0.3) is 0 Å². The van der Waals surface area contributed by atoms with Crippen LogP contribution in [0.2, 0.25) is 0 Å². The molecule has 20 heavy (non-hydrogen) atoms. The van der Waals surface area contributed by atoms with Gasteiger partial charge in [0.2, 0.25) is 0 Å². The minimum atomic E-state index is 0.556. The lowest BCUT2D eigenvalue weighted by atomic mass is 9.96. The van der Waals surface area contributed by atoms with E-state index in [-0.39, 0.29) is 0 Å². The fraction of sp³-hybridized carbons (Fsp3) is 0.933. The predicted molar refractivity (Wildman–Crippen MR) is 85.1 cm³/mol. The van der Waals surface area contributed by atoms with Gasteiger partial charge in [0.1, 0.15) is 0 Å². The zero-order chi connectivity index (χ0) is 14.2. The summed E-state index contributed by atoms with van der Waals surface area (Å²) in [6.45, 7) is 9.97. The summed E-state index contributed by atoms with van der Waals surface area (Å²) < 4.78 is 0. The van der Waals surface area contributed by atoms with Crippen LogP contribution in [-0.2, 0) is 0 Å². The summed E-state index contributed by atoms with van der Waals surface area (Å²) in [5.41, 5.74) is 5.98. The molecule has 0 unspecified atom stereocenters. The summed E-state index contributed by atoms with van der Waals surface area (Å²) in [7, 11) is 0. The van der Waals surface area contributed by atoms with E-state index in [0.717, 1.165) is 13.1 Å². The highest BCUT2D eigenvalue weighted by Crippen LogP contribution is 2.16. The molecule has 2 rings (SSSR count). The van der Waals surface area contributed by atoms with Gasteiger partial charge in [0.05, 0.1) is 6.54 Å². The quantitative estimate of drug-likeness (QED) is 0.580. The number of hydrogen-bond acceptors (Lipinski definition) is 3. The third kappa shape index (κ3) is 5.29. The average molecular weight is 281 g/mol. The minimum absolute atomic E-state index is 0.556. The Labute approximate surface area is 123 Å². The zero-order valence-corrected chi connectivity index (χ0v) is 13.0. The highest BCUT2D eigenvalue weighted by molar-refractivity contribution is 5.78. The van der Waals surface area contributed by atoms with Crippen molar-refractivity contribution < 1.29 is 0 Å². The zero-order valence-electron chi connectivity index (χ0n) is 13.0. The first-order valence-corrected chi connectivity index (χ1v) is 8.29. The van der Waals surface area contributed by atoms with E-state index in [1.54, 1.807) is 0 Å². The molecule has 1 saturated heterocycles. The van der Waals surface area contributed by atoms with E-state index in [0.29, 0.717) is 12.0 Å². The van der Waals surface area contributed by atoms with Crippen LogP contribution >= 0.6 is 0 Å². The second-order valence-corrected chi connectivity index (χ2v) is 6.02. The van der Waals surface area contributed by atoms with Gasteiger partial charge in [0, 0.05) is 38.8 Å². The largest absolute Gasteiger partial charge is 0.370 e. The van der Waals surface area contributed by atoms with Crippen molar-refractivity contribution in [1.82, 2.24) is 15.1 Å². The molecule has 0 atom stereocenters. The van der Waals surface area contributed by atoms with Crippen LogP contribution < -0.4 is 11.1 Å². The molecule has 1 aliphatic carbocycles. The van der Waals surface area contributed by atoms with E-state index in [4.69, 9.17) is 5.73 Å². The number of aliphatic imine (C=N–C) groups is 1. The molecule has 1 heterocycles. The standard InChI is InChI=1S/C15H31N5/c1-2-19-10-12-20(13-11-19)9-8-17-15(16)18-14-6-4-3-5-7-14/h14H,2-13H2,1H3,(H3,16,17,18). The first-order chi connectivity index (χ1) is 9.78. The van der Waals surface area contributed by atoms with Crippen molar-refractivity contribution in [2.45, 2.75) is 45.1 Å². The first-order valence-electron chi connectivity index (χ1n) is 8.29. The Kier molecular flexibility index (Phi) is 6.60. The third-order valence-electron chi connectivity index (χ3n) is 4.57. The molecule has 1 aliphatic heterocycles. The Bertz CT molecular complexity index is 291. The van der Waals surface area contributed by atoms with E-state index in [9.17, 15) is 0 Å². The second-order valence-electron chi connectivity index (χ2n) is 6.02. The van der Waals surface area contributed by atoms with Gasteiger partial charge < -0.3 is 16.0 Å². The van der Waals surface area contributed by atoms with Crippen molar-refractivity contribution in [3.8, 4) is 0 Å². The van der Waals surface area contributed by atoms with Crippen molar-refractivity contribution in [1.29, 1.82) is 0 Å². The fourth-order valence-electron chi connectivity index (χ4n) is 3.14. The van der Waals surface area contributed by atoms with Crippen LogP contribution in [0, 0.1) is 0 Å². The van der Waals surface area contributed by atoms with E-state index in [2.05, 4.69) is 27.0 Å². The van der Waals surface area contributed by atoms with Crippen molar-refractivity contribution in [2.24, 2.45) is 10.7 Å². The van der Waals surface area contributed by atoms with Crippen molar-refractivity contribution in [3.05, 3.63) is 0 Å². The maximum atomic E-state index is 5.98. The SMILES string of the molecule is CCN1CCN(CCN=C(N)NC2CCCCC2)CC1. The molecule has 3 N–H and O–H groups in total. The Balaban J connectivity index is 1.60. The van der Waals surface area contributed by atoms with E-state index in [1.165, 1.54) is 64.8 Å². The molecule has 116 valence electrons. The highest BCUT2D eigenvalue weighted by atomic mass is 15.3. The Morgan fingerprint density at radius 1 is 1.10 bits per heavy atom. The first kappa shape index (κ1) is 15.6. The van der Waals surface area contributed by atoms with Crippen LogP contribution in [-0.4, -0.2) is 67.6 Å². The van der Waals surface area contributed by atoms with E-state index >= 15 is 0 Å². The van der Waals surface area contributed by atoms with Crippen molar-refractivity contribution in [3.63, 3.8) is 0 Å². The molecule has 1 saturated carbocycles. The molecule has 0 bridgehead atoms. The Morgan fingerprint density at radius 3 is 2.40 bits per heavy atom. The van der Waals surface area contributed by atoms with Gasteiger partial charge in [-0.2, -0.15) is 0 Å². The summed E-state index contributed by atoms with van der Waals surface area (Å²) in [4.78, 5) is 9.47. The van der Waals surface area contributed by atoms with E-state index in [1.807, 2.05) is 0 Å². The number of hydrogen-bond donors (Lipinski definition) is 2. The predicted octanol–water partition coefficient (Wildman–Crippen LogP) is 0.861. The number of rotatable bonds is 5. The third-order valence-corrected chi connectivity index (χ3v) is 4.57. The van der Waals surface area contributed by atoms with Gasteiger partial charge in [0.25, 0.3) is 0 Å². The molecule has 0 aromatic rings. The van der Waals surface area contributed by atoms with Crippen LogP contribution in [0.3, 0.4) is 0 Å². The summed E-state index contributed by atoms with van der Waals surface area (Å²) in [6.07, 6.45) is 6.52. The van der Waals surface area contributed by atoms with Gasteiger partial charge >= 0.3 is 0 Å². The summed E-state index contributed by atoms with van der Waals surface area (Å²) in [6, 6.07) is 0.556. The maximum absolute atomic E-state index is 5.98. The molecule has 0 radical (unpaired) electrons. The van der Waals surface area contributed by atoms with Crippen LogP contribution in [0.5, 0.6) is 0 Å². The van der Waals surface area contributed by atoms with Gasteiger partial charge in [-0.3, -0.25) is 9.89 Å². The van der Waals surface area contributed by atoms with Crippen LogP contribution in [0.15, 0.2) is 4.99 Å². The smallest absolute Gasteiger partial charge is 0.188 e. The molecule has 0 amide bonds. The van der Waals surface area contributed by atoms with E-state index < -0.39 is 0 Å². The molecule has 2 aliphatic rings. The van der Waals surface area contributed by atoms with Gasteiger partial charge in [-0.25, -0.2) is 0 Å². The number of nitrogens with one attached hydrogen (secondary N) is 1. The fourth-order valence-corrected chi connectivity index (χ4v) is 3.14. The molecule has 0 spiro atoms. The number of nitrogens with zero attached hydrogens (tertiary/aromatic N) is 3. The summed E-state index contributed by atoms with van der Waals surface area (Å²) in [5, 5.41) is 3.37. The normalized spacial score (nSPS) is 23.9. The Morgan fingerprint density at radius 2 is 1.75 bits per heavy atom. The maximum Gasteiger partial charge on any atom is 0.188 e. The van der Waals surface area contributed by atoms with Crippen LogP contribution in [0.4, 0.5) is 0 Å². The minimum Gasteiger partial charge on any atom is -0.370 e. The molecule has 0 aromatic heterocycles. The lowest BCUT2D eigenvalue weighted by Gasteiger charge is -2.33. The monoisotopic (exact) mass is 281 g/mol. The average Bonchev–Trinajstić information content (AvgIpc) is 2.49. The van der Waals surface area contributed by atoms with Gasteiger partial charge in [0.15, 0.2) is 5.96 Å². The molecular formula is C15H31N5. The molecular weight excluding hydrogens is 250 g/mol. The molecule has 5 heteroatoms. The summed E-state index contributed by atoms with van der Waals surface area (Å²) in [5.74, 6) is 0.643. The number of nitrogens with two attached hydrogens (primary N) is 1. The van der Waals surface area contributed by atoms with Crippen molar-refractivity contribution in [2.75, 3.05) is 45.8 Å². The van der Waals surface area contributed by atoms with Gasteiger partial charge in [-0.15, -0.1) is 0 Å². The number of likely N-dealkylation sites (N-methyl/N-ethyl adjacent to an activating group) is 1. The summed E-state index contributed by atoms with van der Waals surface area (Å²) >= 11 is 0. The number of guanidine groups is 1. The van der Waals surface area contributed by atoms with Crippen LogP contribution in [0.1, 0.15) is 39.0 Å². The Hall–Kier alpha value is -0.810. The molecule has 5 nitrogen and oxygen atoms in total. The number of piperazine rings is 1. The molecule has 0 aromatic carbocycles. The molecule has 2 fully saturated rings. The van der Waals surface area contributed by atoms with Gasteiger partial charge in [-0.05, 0) is 19.4 Å². The lowest BCUT2D eigenvalue weighted by Crippen LogP contribution is -2.47. The lowest BCUT2D eigenvalue weighted by molar-refractivity contribution is 0.140. The highest BCUT2D eigenvalue weighted by Gasteiger charge is 2.15. The van der Waals surface area contributed by atoms with Crippen molar-refractivity contribution >= 4 is 5.96 Å². The van der Waals surface area contributed by atoms with Gasteiger partial charge in [-0.1, -0.05) is 26.2 Å².